The molecule has 6 nitrogen and oxygen atoms in total. The van der Waals surface area contributed by atoms with E-state index in [4.69, 9.17) is 5.73 Å². The van der Waals surface area contributed by atoms with Crippen molar-refractivity contribution in [1.29, 1.82) is 0 Å². The second-order valence-corrected chi connectivity index (χ2v) is 4.62. The Hall–Kier alpha value is -2.09. The van der Waals surface area contributed by atoms with Gasteiger partial charge in [0.05, 0.1) is 16.5 Å². The molecule has 1 atom stereocenters. The van der Waals surface area contributed by atoms with Gasteiger partial charge in [0.25, 0.3) is 0 Å². The van der Waals surface area contributed by atoms with Crippen LogP contribution in [0.2, 0.25) is 0 Å². The molecular formula is C12H15F2N3O3. The number of nitro groups is 1. The van der Waals surface area contributed by atoms with E-state index in [0.717, 1.165) is 0 Å². The molecule has 0 aliphatic heterocycles. The Bertz CT molecular complexity index is 535. The summed E-state index contributed by atoms with van der Waals surface area (Å²) in [5.74, 6) is -3.61. The largest absolute Gasteiger partial charge is 0.330 e. The lowest BCUT2D eigenvalue weighted by Crippen LogP contribution is -2.33. The molecule has 0 saturated heterocycles. The summed E-state index contributed by atoms with van der Waals surface area (Å²) in [7, 11) is 0. The molecule has 20 heavy (non-hydrogen) atoms. The topological polar surface area (TPSA) is 98.3 Å². The molecular weight excluding hydrogens is 272 g/mol. The third-order valence-electron chi connectivity index (χ3n) is 2.89. The predicted octanol–water partition coefficient (Wildman–Crippen LogP) is 2.04. The van der Waals surface area contributed by atoms with E-state index in [1.807, 2.05) is 0 Å². The van der Waals surface area contributed by atoms with E-state index in [0.29, 0.717) is 12.1 Å². The van der Waals surface area contributed by atoms with Crippen molar-refractivity contribution < 1.29 is 18.5 Å². The van der Waals surface area contributed by atoms with Crippen LogP contribution in [0.1, 0.15) is 13.8 Å². The first kappa shape index (κ1) is 16.0. The van der Waals surface area contributed by atoms with Gasteiger partial charge in [-0.1, -0.05) is 13.8 Å². The van der Waals surface area contributed by atoms with Crippen molar-refractivity contribution in [2.75, 3.05) is 11.9 Å². The number of hydrogen-bond donors (Lipinski definition) is 2. The molecule has 1 amide bonds. The highest BCUT2D eigenvalue weighted by Crippen LogP contribution is 2.26. The van der Waals surface area contributed by atoms with Gasteiger partial charge in [-0.3, -0.25) is 14.9 Å². The van der Waals surface area contributed by atoms with Gasteiger partial charge < -0.3 is 11.1 Å². The van der Waals surface area contributed by atoms with Crippen molar-refractivity contribution in [3.63, 3.8) is 0 Å². The van der Waals surface area contributed by atoms with Crippen LogP contribution >= 0.6 is 0 Å². The molecule has 0 saturated carbocycles. The molecule has 8 heteroatoms. The number of nitrogens with one attached hydrogen (secondary N) is 1. The molecule has 0 aromatic heterocycles. The molecule has 0 radical (unpaired) electrons. The molecule has 0 fully saturated rings. The molecule has 0 heterocycles. The van der Waals surface area contributed by atoms with Crippen LogP contribution in [-0.2, 0) is 4.79 Å². The van der Waals surface area contributed by atoms with Crippen molar-refractivity contribution in [3.8, 4) is 0 Å². The maximum Gasteiger partial charge on any atom is 0.307 e. The van der Waals surface area contributed by atoms with Crippen molar-refractivity contribution >= 4 is 17.3 Å². The molecule has 0 aliphatic carbocycles. The van der Waals surface area contributed by atoms with E-state index in [9.17, 15) is 23.7 Å². The zero-order valence-corrected chi connectivity index (χ0v) is 11.0. The van der Waals surface area contributed by atoms with Crippen LogP contribution in [0.5, 0.6) is 0 Å². The van der Waals surface area contributed by atoms with Gasteiger partial charge in [-0.15, -0.1) is 0 Å². The third kappa shape index (κ3) is 3.47. The summed E-state index contributed by atoms with van der Waals surface area (Å²) in [6, 6.07) is 1.01. The monoisotopic (exact) mass is 287 g/mol. The Labute approximate surface area is 114 Å². The second kappa shape index (κ2) is 6.38. The van der Waals surface area contributed by atoms with Gasteiger partial charge in [0.1, 0.15) is 5.82 Å². The number of nitro benzene ring substituents is 1. The zero-order chi connectivity index (χ0) is 15.4. The maximum atomic E-state index is 13.5. The first-order chi connectivity index (χ1) is 9.27. The zero-order valence-electron chi connectivity index (χ0n) is 11.0. The van der Waals surface area contributed by atoms with E-state index >= 15 is 0 Å². The molecule has 1 aromatic carbocycles. The quantitative estimate of drug-likeness (QED) is 0.639. The van der Waals surface area contributed by atoms with Gasteiger partial charge >= 0.3 is 5.69 Å². The highest BCUT2D eigenvalue weighted by atomic mass is 19.1. The van der Waals surface area contributed by atoms with Crippen molar-refractivity contribution in [1.82, 2.24) is 0 Å². The maximum absolute atomic E-state index is 13.5. The Morgan fingerprint density at radius 1 is 1.40 bits per heavy atom. The number of halogens is 2. The Morgan fingerprint density at radius 3 is 2.45 bits per heavy atom. The van der Waals surface area contributed by atoms with Crippen LogP contribution in [0.4, 0.5) is 20.2 Å². The van der Waals surface area contributed by atoms with Gasteiger partial charge in [0.2, 0.25) is 11.7 Å². The van der Waals surface area contributed by atoms with E-state index in [1.165, 1.54) is 0 Å². The SMILES string of the molecule is CC(C)C(CN)C(=O)Nc1cc([N+](=O)[O-])c(F)cc1F. The summed E-state index contributed by atoms with van der Waals surface area (Å²) in [6.45, 7) is 3.58. The average Bonchev–Trinajstić information content (AvgIpc) is 2.32. The highest BCUT2D eigenvalue weighted by Gasteiger charge is 2.24. The predicted molar refractivity (Wildman–Crippen MR) is 69.0 cm³/mol. The van der Waals surface area contributed by atoms with Gasteiger partial charge in [-0.25, -0.2) is 4.39 Å². The molecule has 0 bridgehead atoms. The number of nitrogens with two attached hydrogens (primary N) is 1. The fourth-order valence-corrected chi connectivity index (χ4v) is 1.68. The number of amides is 1. The molecule has 0 aliphatic rings. The summed E-state index contributed by atoms with van der Waals surface area (Å²) < 4.78 is 26.7. The van der Waals surface area contributed by atoms with E-state index in [1.54, 1.807) is 13.8 Å². The van der Waals surface area contributed by atoms with Gasteiger partial charge in [-0.2, -0.15) is 4.39 Å². The Kier molecular flexibility index (Phi) is 5.09. The van der Waals surface area contributed by atoms with Gasteiger partial charge in [0, 0.05) is 18.7 Å². The number of carbonyl (C=O) groups excluding carboxylic acids is 1. The van der Waals surface area contributed by atoms with Crippen LogP contribution in [0.3, 0.4) is 0 Å². The highest BCUT2D eigenvalue weighted by molar-refractivity contribution is 5.93. The molecule has 110 valence electrons. The fraction of sp³-hybridized carbons (Fsp3) is 0.417. The summed E-state index contributed by atoms with van der Waals surface area (Å²) in [6.07, 6.45) is 0. The van der Waals surface area contributed by atoms with E-state index in [-0.39, 0.29) is 12.5 Å². The minimum Gasteiger partial charge on any atom is -0.330 e. The molecule has 1 rings (SSSR count). The normalized spacial score (nSPS) is 12.3. The molecule has 1 unspecified atom stereocenters. The number of anilines is 1. The number of rotatable bonds is 5. The minimum atomic E-state index is -1.30. The van der Waals surface area contributed by atoms with E-state index < -0.39 is 39.8 Å². The average molecular weight is 287 g/mol. The second-order valence-electron chi connectivity index (χ2n) is 4.62. The number of carbonyl (C=O) groups is 1. The van der Waals surface area contributed by atoms with Crippen molar-refractivity contribution in [2.24, 2.45) is 17.6 Å². The summed E-state index contributed by atoms with van der Waals surface area (Å²) in [5.41, 5.74) is 4.10. The van der Waals surface area contributed by atoms with Gasteiger partial charge in [-0.05, 0) is 5.92 Å². The lowest BCUT2D eigenvalue weighted by molar-refractivity contribution is -0.387. The van der Waals surface area contributed by atoms with Crippen LogP contribution in [-0.4, -0.2) is 17.4 Å². The molecule has 0 spiro atoms. The summed E-state index contributed by atoms with van der Waals surface area (Å²) in [4.78, 5) is 21.5. The summed E-state index contributed by atoms with van der Waals surface area (Å²) >= 11 is 0. The lowest BCUT2D eigenvalue weighted by atomic mass is 9.95. The third-order valence-corrected chi connectivity index (χ3v) is 2.89. The molecule has 3 N–H and O–H groups in total. The van der Waals surface area contributed by atoms with Gasteiger partial charge in [0.15, 0.2) is 0 Å². The Balaban J connectivity index is 3.06. The van der Waals surface area contributed by atoms with Crippen LogP contribution in [0, 0.1) is 33.6 Å². The van der Waals surface area contributed by atoms with Crippen molar-refractivity contribution in [2.45, 2.75) is 13.8 Å². The van der Waals surface area contributed by atoms with Crippen LogP contribution in [0.15, 0.2) is 12.1 Å². The number of benzene rings is 1. The smallest absolute Gasteiger partial charge is 0.307 e. The first-order valence-electron chi connectivity index (χ1n) is 5.92. The minimum absolute atomic E-state index is 0.0500. The Morgan fingerprint density at radius 2 is 2.00 bits per heavy atom. The number of nitrogens with zero attached hydrogens (tertiary/aromatic N) is 1. The standard InChI is InChI=1S/C12H15F2N3O3/c1-6(2)7(5-15)12(18)16-10-4-11(17(19)20)9(14)3-8(10)13/h3-4,6-7H,5,15H2,1-2H3,(H,16,18). The molecule has 1 aromatic rings. The van der Waals surface area contributed by atoms with Crippen molar-refractivity contribution in [3.05, 3.63) is 33.9 Å². The number of hydrogen-bond acceptors (Lipinski definition) is 4. The summed E-state index contributed by atoms with van der Waals surface area (Å²) in [5, 5.41) is 12.8. The van der Waals surface area contributed by atoms with E-state index in [2.05, 4.69) is 5.32 Å². The lowest BCUT2D eigenvalue weighted by Gasteiger charge is -2.18. The first-order valence-corrected chi connectivity index (χ1v) is 5.92. The van der Waals surface area contributed by atoms with Crippen LogP contribution < -0.4 is 11.1 Å². The van der Waals surface area contributed by atoms with Crippen LogP contribution in [0.25, 0.3) is 0 Å². The fourth-order valence-electron chi connectivity index (χ4n) is 1.68.